The lowest BCUT2D eigenvalue weighted by Gasteiger charge is -2.48. The van der Waals surface area contributed by atoms with Crippen molar-refractivity contribution in [1.82, 2.24) is 0 Å². The van der Waals surface area contributed by atoms with Gasteiger partial charge in [-0.3, -0.25) is 14.4 Å². The molecule has 5 atom stereocenters. The maximum Gasteiger partial charge on any atom is 0.335 e. The van der Waals surface area contributed by atoms with Crippen LogP contribution in [0.5, 0.6) is 5.75 Å². The summed E-state index contributed by atoms with van der Waals surface area (Å²) in [6, 6.07) is 7.47. The van der Waals surface area contributed by atoms with Crippen molar-refractivity contribution in [1.29, 1.82) is 0 Å². The average molecular weight is 537 g/mol. The van der Waals surface area contributed by atoms with E-state index >= 15 is 0 Å². The van der Waals surface area contributed by atoms with Gasteiger partial charge in [0.25, 0.3) is 0 Å². The Morgan fingerprint density at radius 1 is 1.08 bits per heavy atom. The number of carboxylic acids is 1. The maximum absolute atomic E-state index is 13.7. The quantitative estimate of drug-likeness (QED) is 0.307. The first-order valence-corrected chi connectivity index (χ1v) is 12.4. The number of anilines is 1. The number of carboxylic acid groups (broad SMARTS) is 1. The number of aliphatic hydroxyl groups is 3. The molecule has 0 spiro atoms. The molecule has 11 nitrogen and oxygen atoms in total. The normalized spacial score (nSPS) is 27.9. The highest BCUT2D eigenvalue weighted by Gasteiger charge is 2.64. The Morgan fingerprint density at radius 3 is 2.28 bits per heavy atom. The van der Waals surface area contributed by atoms with Gasteiger partial charge in [0, 0.05) is 36.8 Å². The molecule has 7 N–H and O–H groups in total. The smallest absolute Gasteiger partial charge is 0.335 e. The van der Waals surface area contributed by atoms with Crippen LogP contribution in [0.3, 0.4) is 0 Å². The Hall–Kier alpha value is -4.22. The third-order valence-corrected chi connectivity index (χ3v) is 8.29. The van der Waals surface area contributed by atoms with Gasteiger partial charge in [0.2, 0.25) is 11.7 Å². The molecule has 2 aromatic rings. The summed E-state index contributed by atoms with van der Waals surface area (Å²) < 4.78 is 0. The topological polar surface area (TPSA) is 199 Å². The fourth-order valence-corrected chi connectivity index (χ4v) is 6.38. The van der Waals surface area contributed by atoms with Gasteiger partial charge in [-0.1, -0.05) is 12.1 Å². The minimum atomic E-state index is -2.65. The molecule has 3 aliphatic carbocycles. The highest BCUT2D eigenvalue weighted by molar-refractivity contribution is 6.24. The summed E-state index contributed by atoms with van der Waals surface area (Å²) in [5.74, 6) is -8.87. The number of Topliss-reactive ketones (excluding diaryl/α,β-unsaturated/α-hetero) is 2. The molecule has 1 amide bonds. The molecular formula is C28H28N2O9. The number of hydrogen-bond acceptors (Lipinski definition) is 9. The number of nitrogens with two attached hydrogens (primary N) is 1. The van der Waals surface area contributed by atoms with E-state index in [0.717, 1.165) is 0 Å². The third kappa shape index (κ3) is 3.72. The van der Waals surface area contributed by atoms with Gasteiger partial charge >= 0.3 is 5.97 Å². The number of amides is 1. The molecule has 11 heteroatoms. The van der Waals surface area contributed by atoms with Gasteiger partial charge in [-0.15, -0.1) is 0 Å². The highest BCUT2D eigenvalue weighted by Crippen LogP contribution is 2.54. The van der Waals surface area contributed by atoms with Crippen molar-refractivity contribution in [3.8, 4) is 16.9 Å². The number of nitrogens with zero attached hydrogens (tertiary/aromatic N) is 1. The molecule has 0 heterocycles. The van der Waals surface area contributed by atoms with Crippen molar-refractivity contribution in [2.75, 3.05) is 19.0 Å². The number of primary amides is 1. The Labute approximate surface area is 222 Å². The Balaban J connectivity index is 1.69. The van der Waals surface area contributed by atoms with Crippen LogP contribution >= 0.6 is 0 Å². The molecule has 0 bridgehead atoms. The first-order chi connectivity index (χ1) is 18.3. The van der Waals surface area contributed by atoms with E-state index in [-0.39, 0.29) is 47.3 Å². The highest BCUT2D eigenvalue weighted by atomic mass is 16.4. The fraction of sp³-hybridized carbons (Fsp3) is 0.357. The van der Waals surface area contributed by atoms with E-state index < -0.39 is 58.7 Å². The van der Waals surface area contributed by atoms with Crippen molar-refractivity contribution in [2.45, 2.75) is 31.0 Å². The molecule has 39 heavy (non-hydrogen) atoms. The molecule has 204 valence electrons. The number of aromatic carboxylic acids is 1. The van der Waals surface area contributed by atoms with Gasteiger partial charge in [0.1, 0.15) is 17.4 Å². The molecule has 3 aliphatic rings. The molecule has 5 rings (SSSR count). The number of aliphatic hydroxyl groups excluding tert-OH is 2. The summed E-state index contributed by atoms with van der Waals surface area (Å²) >= 11 is 0. The first kappa shape index (κ1) is 26.4. The second-order valence-corrected chi connectivity index (χ2v) is 10.7. The van der Waals surface area contributed by atoms with E-state index in [9.17, 15) is 44.7 Å². The number of hydrogen-bond donors (Lipinski definition) is 6. The summed E-state index contributed by atoms with van der Waals surface area (Å²) in [7, 11) is 3.54. The zero-order chi connectivity index (χ0) is 28.5. The summed E-state index contributed by atoms with van der Waals surface area (Å²) in [5.41, 5.74) is 4.32. The number of phenols is 1. The van der Waals surface area contributed by atoms with Crippen LogP contribution in [0.2, 0.25) is 0 Å². The summed E-state index contributed by atoms with van der Waals surface area (Å²) in [6.45, 7) is 0. The van der Waals surface area contributed by atoms with E-state index in [0.29, 0.717) is 16.8 Å². The van der Waals surface area contributed by atoms with E-state index in [1.54, 1.807) is 25.1 Å². The number of benzene rings is 2. The second kappa shape index (κ2) is 8.92. The molecule has 0 aromatic heterocycles. The number of rotatable bonds is 4. The number of phenolic OH excluding ortho intramolecular Hbond substituents is 1. The lowest BCUT2D eigenvalue weighted by Crippen LogP contribution is -2.66. The Morgan fingerprint density at radius 2 is 1.72 bits per heavy atom. The number of aromatic hydroxyl groups is 1. The minimum Gasteiger partial charge on any atom is -0.507 e. The van der Waals surface area contributed by atoms with Crippen LogP contribution in [0.15, 0.2) is 35.9 Å². The van der Waals surface area contributed by atoms with Crippen molar-refractivity contribution in [3.63, 3.8) is 0 Å². The van der Waals surface area contributed by atoms with Crippen LogP contribution in [-0.4, -0.2) is 74.8 Å². The third-order valence-electron chi connectivity index (χ3n) is 8.29. The number of fused-ring (bicyclic) bond motifs is 3. The van der Waals surface area contributed by atoms with Gasteiger partial charge in [0.15, 0.2) is 11.4 Å². The van der Waals surface area contributed by atoms with Gasteiger partial charge in [-0.2, -0.15) is 0 Å². The number of carbonyl (C=O) groups is 4. The molecule has 2 unspecified atom stereocenters. The molecule has 0 saturated heterocycles. The van der Waals surface area contributed by atoms with Gasteiger partial charge in [-0.05, 0) is 54.5 Å². The standard InChI is InChI=1S/C28H28N2O9/c1-30(2)17-10-15(11-3-5-12(6-4-11)27(37)38)22(32)20-16(17)8-13-7-14-9-18(31)21(26(29)36)25(35)28(14,39)24(34)19(13)23(20)33/h3-6,10,13-14,18,21,31-33,39H,7-9H2,1-2H3,(H2,29,36)(H,37,38)/t13-,14+,18?,21?,28+/m1/s1. The fourth-order valence-electron chi connectivity index (χ4n) is 6.38. The molecule has 2 saturated carbocycles. The molecule has 0 aliphatic heterocycles. The Kier molecular flexibility index (Phi) is 6.04. The summed E-state index contributed by atoms with van der Waals surface area (Å²) in [4.78, 5) is 51.8. The first-order valence-electron chi connectivity index (χ1n) is 12.4. The van der Waals surface area contributed by atoms with Gasteiger partial charge in [0.05, 0.1) is 17.2 Å². The van der Waals surface area contributed by atoms with Gasteiger partial charge < -0.3 is 36.2 Å². The van der Waals surface area contributed by atoms with Crippen LogP contribution in [0.4, 0.5) is 5.69 Å². The second-order valence-electron chi connectivity index (χ2n) is 10.7. The van der Waals surface area contributed by atoms with Crippen LogP contribution in [0, 0.1) is 17.8 Å². The van der Waals surface area contributed by atoms with E-state index in [2.05, 4.69) is 0 Å². The maximum atomic E-state index is 13.7. The van der Waals surface area contributed by atoms with Crippen LogP contribution in [0.25, 0.3) is 16.9 Å². The molecule has 2 fully saturated rings. The SMILES string of the molecule is CN(C)c1cc(-c2ccc(C(=O)O)cc2)c(O)c2c1C[C@H]1C[C@H]3CC(O)C(C(N)=O)C(=O)[C@@]3(O)C(=O)C1=C2O. The largest absolute Gasteiger partial charge is 0.507 e. The molecule has 0 radical (unpaired) electrons. The lowest BCUT2D eigenvalue weighted by molar-refractivity contribution is -0.174. The predicted octanol–water partition coefficient (Wildman–Crippen LogP) is 1.02. The van der Waals surface area contributed by atoms with Gasteiger partial charge in [-0.25, -0.2) is 4.79 Å². The number of ketones is 2. The van der Waals surface area contributed by atoms with Crippen molar-refractivity contribution >= 4 is 34.9 Å². The van der Waals surface area contributed by atoms with E-state index in [1.807, 2.05) is 0 Å². The lowest BCUT2D eigenvalue weighted by atomic mass is 9.56. The van der Waals surface area contributed by atoms with Crippen molar-refractivity contribution in [3.05, 3.63) is 52.6 Å². The summed E-state index contributed by atoms with van der Waals surface area (Å²) in [5, 5.41) is 53.9. The summed E-state index contributed by atoms with van der Waals surface area (Å²) in [6.07, 6.45) is -1.38. The minimum absolute atomic E-state index is 0.0325. The number of carbonyl (C=O) groups excluding carboxylic acids is 3. The van der Waals surface area contributed by atoms with Crippen molar-refractivity contribution in [2.24, 2.45) is 23.5 Å². The zero-order valence-electron chi connectivity index (χ0n) is 21.2. The van der Waals surface area contributed by atoms with Crippen molar-refractivity contribution < 1.29 is 44.7 Å². The average Bonchev–Trinajstić information content (AvgIpc) is 2.86. The zero-order valence-corrected chi connectivity index (χ0v) is 21.2. The molecular weight excluding hydrogens is 508 g/mol. The van der Waals surface area contributed by atoms with Crippen LogP contribution in [-0.2, 0) is 20.8 Å². The van der Waals surface area contributed by atoms with Crippen LogP contribution < -0.4 is 10.6 Å². The Bertz CT molecular complexity index is 1480. The predicted molar refractivity (Wildman–Crippen MR) is 138 cm³/mol. The van der Waals surface area contributed by atoms with E-state index in [4.69, 9.17) is 5.73 Å². The molecule has 2 aromatic carbocycles. The van der Waals surface area contributed by atoms with E-state index in [1.165, 1.54) is 24.3 Å². The van der Waals surface area contributed by atoms with Crippen LogP contribution in [0.1, 0.15) is 34.3 Å². The monoisotopic (exact) mass is 536 g/mol.